The summed E-state index contributed by atoms with van der Waals surface area (Å²) in [6.45, 7) is 8.39. The van der Waals surface area contributed by atoms with Crippen LogP contribution in [0.4, 0.5) is 0 Å². The highest BCUT2D eigenvalue weighted by Gasteiger charge is 2.16. The van der Waals surface area contributed by atoms with Crippen LogP contribution >= 0.6 is 11.6 Å². The first-order valence-electron chi connectivity index (χ1n) is 9.13. The topological polar surface area (TPSA) is 65.2 Å². The number of esters is 1. The molecule has 0 N–H and O–H groups in total. The van der Waals surface area contributed by atoms with Crippen molar-refractivity contribution in [2.24, 2.45) is 0 Å². The number of nitrogens with zero attached hydrogens (tertiary/aromatic N) is 2. The van der Waals surface area contributed by atoms with E-state index < -0.39 is 0 Å². The molecule has 0 saturated heterocycles. The Kier molecular flexibility index (Phi) is 5.84. The van der Waals surface area contributed by atoms with Crippen molar-refractivity contribution in [3.8, 4) is 17.1 Å². The van der Waals surface area contributed by atoms with E-state index in [1.807, 2.05) is 31.2 Å². The maximum atomic E-state index is 12.2. The number of rotatable bonds is 5. The Morgan fingerprint density at radius 1 is 1.14 bits per heavy atom. The van der Waals surface area contributed by atoms with Gasteiger partial charge in [-0.2, -0.15) is 4.98 Å². The van der Waals surface area contributed by atoms with Crippen LogP contribution in [0.3, 0.4) is 0 Å². The SMILES string of the molecule is Cc1cc(C(C)(C)C)ccc1OC(=O)CCc1nc(-c2ccc(Cl)cc2)no1. The monoisotopic (exact) mass is 398 g/mol. The lowest BCUT2D eigenvalue weighted by Crippen LogP contribution is -2.13. The van der Waals surface area contributed by atoms with Gasteiger partial charge in [-0.05, 0) is 53.8 Å². The second-order valence-electron chi connectivity index (χ2n) is 7.72. The van der Waals surface area contributed by atoms with Gasteiger partial charge in [-0.25, -0.2) is 0 Å². The van der Waals surface area contributed by atoms with E-state index in [4.69, 9.17) is 20.9 Å². The number of hydrogen-bond donors (Lipinski definition) is 0. The maximum Gasteiger partial charge on any atom is 0.311 e. The van der Waals surface area contributed by atoms with Gasteiger partial charge in [0, 0.05) is 17.0 Å². The van der Waals surface area contributed by atoms with E-state index in [0.29, 0.717) is 28.9 Å². The second-order valence-corrected chi connectivity index (χ2v) is 8.16. The summed E-state index contributed by atoms with van der Waals surface area (Å²) >= 11 is 5.88. The van der Waals surface area contributed by atoms with Crippen molar-refractivity contribution in [1.82, 2.24) is 10.1 Å². The van der Waals surface area contributed by atoms with Gasteiger partial charge >= 0.3 is 5.97 Å². The smallest absolute Gasteiger partial charge is 0.311 e. The van der Waals surface area contributed by atoms with Crippen molar-refractivity contribution in [1.29, 1.82) is 0 Å². The number of aromatic nitrogens is 2. The maximum absolute atomic E-state index is 12.2. The number of carbonyl (C=O) groups is 1. The summed E-state index contributed by atoms with van der Waals surface area (Å²) in [6, 6.07) is 13.0. The Morgan fingerprint density at radius 2 is 1.86 bits per heavy atom. The first kappa shape index (κ1) is 20.1. The number of hydrogen-bond acceptors (Lipinski definition) is 5. The second kappa shape index (κ2) is 8.15. The van der Waals surface area contributed by atoms with Crippen LogP contribution in [0.2, 0.25) is 5.02 Å². The molecule has 0 atom stereocenters. The predicted octanol–water partition coefficient (Wildman–Crippen LogP) is 5.53. The highest BCUT2D eigenvalue weighted by atomic mass is 35.5. The zero-order valence-corrected chi connectivity index (χ0v) is 17.2. The highest BCUT2D eigenvalue weighted by molar-refractivity contribution is 6.30. The van der Waals surface area contributed by atoms with E-state index in [0.717, 1.165) is 11.1 Å². The number of aryl methyl sites for hydroxylation is 2. The van der Waals surface area contributed by atoms with E-state index in [1.165, 1.54) is 5.56 Å². The first-order chi connectivity index (χ1) is 13.2. The summed E-state index contributed by atoms with van der Waals surface area (Å²) in [4.78, 5) is 16.5. The molecule has 3 aromatic rings. The molecule has 0 aliphatic rings. The molecule has 146 valence electrons. The quantitative estimate of drug-likeness (QED) is 0.417. The van der Waals surface area contributed by atoms with Crippen molar-refractivity contribution < 1.29 is 14.1 Å². The molecule has 0 aliphatic heterocycles. The number of ether oxygens (including phenoxy) is 1. The Bertz CT molecular complexity index is 972. The molecule has 6 heteroatoms. The number of halogens is 1. The molecule has 1 aromatic heterocycles. The zero-order chi connectivity index (χ0) is 20.3. The van der Waals surface area contributed by atoms with Gasteiger partial charge in [-0.1, -0.05) is 49.7 Å². The molecule has 0 fully saturated rings. The third kappa shape index (κ3) is 4.98. The van der Waals surface area contributed by atoms with Gasteiger partial charge in [0.1, 0.15) is 5.75 Å². The van der Waals surface area contributed by atoms with Crippen molar-refractivity contribution in [2.75, 3.05) is 0 Å². The Balaban J connectivity index is 1.58. The third-order valence-corrected chi connectivity index (χ3v) is 4.63. The Labute approximate surface area is 169 Å². The van der Waals surface area contributed by atoms with Crippen LogP contribution in [0.25, 0.3) is 11.4 Å². The molecule has 0 saturated carbocycles. The molecular weight excluding hydrogens is 376 g/mol. The predicted molar refractivity (Wildman–Crippen MR) is 109 cm³/mol. The first-order valence-corrected chi connectivity index (χ1v) is 9.50. The van der Waals surface area contributed by atoms with Crippen LogP contribution in [0.1, 0.15) is 44.2 Å². The lowest BCUT2D eigenvalue weighted by molar-refractivity contribution is -0.134. The van der Waals surface area contributed by atoms with E-state index in [2.05, 4.69) is 37.0 Å². The third-order valence-electron chi connectivity index (χ3n) is 4.38. The molecule has 0 spiro atoms. The molecule has 5 nitrogen and oxygen atoms in total. The highest BCUT2D eigenvalue weighted by Crippen LogP contribution is 2.28. The lowest BCUT2D eigenvalue weighted by Gasteiger charge is -2.20. The molecule has 3 rings (SSSR count). The minimum Gasteiger partial charge on any atom is -0.426 e. The number of benzene rings is 2. The summed E-state index contributed by atoms with van der Waals surface area (Å²) < 4.78 is 10.7. The van der Waals surface area contributed by atoms with Gasteiger partial charge in [0.05, 0.1) is 6.42 Å². The number of carbonyl (C=O) groups excluding carboxylic acids is 1. The molecule has 0 unspecified atom stereocenters. The Morgan fingerprint density at radius 3 is 2.50 bits per heavy atom. The van der Waals surface area contributed by atoms with Gasteiger partial charge in [-0.3, -0.25) is 4.79 Å². The summed E-state index contributed by atoms with van der Waals surface area (Å²) in [5.74, 6) is 1.10. The van der Waals surface area contributed by atoms with Crippen LogP contribution < -0.4 is 4.74 Å². The van der Waals surface area contributed by atoms with Gasteiger partial charge in [-0.15, -0.1) is 0 Å². The molecular formula is C22H23ClN2O3. The van der Waals surface area contributed by atoms with E-state index in [1.54, 1.807) is 12.1 Å². The van der Waals surface area contributed by atoms with Gasteiger partial charge in [0.25, 0.3) is 0 Å². The molecule has 0 amide bonds. The van der Waals surface area contributed by atoms with Gasteiger partial charge in [0.2, 0.25) is 11.7 Å². The fourth-order valence-corrected chi connectivity index (χ4v) is 2.81. The average Bonchev–Trinajstić information content (AvgIpc) is 3.10. The Hall–Kier alpha value is -2.66. The van der Waals surface area contributed by atoms with Crippen LogP contribution in [0, 0.1) is 6.92 Å². The summed E-state index contributed by atoms with van der Waals surface area (Å²) in [6.07, 6.45) is 0.473. The van der Waals surface area contributed by atoms with E-state index in [9.17, 15) is 4.79 Å². The molecule has 2 aromatic carbocycles. The molecule has 0 radical (unpaired) electrons. The van der Waals surface area contributed by atoms with Crippen LogP contribution in [0.5, 0.6) is 5.75 Å². The van der Waals surface area contributed by atoms with Crippen LogP contribution in [-0.2, 0) is 16.6 Å². The fourth-order valence-electron chi connectivity index (χ4n) is 2.69. The van der Waals surface area contributed by atoms with Crippen molar-refractivity contribution >= 4 is 17.6 Å². The fraction of sp³-hybridized carbons (Fsp3) is 0.318. The lowest BCUT2D eigenvalue weighted by atomic mass is 9.86. The van der Waals surface area contributed by atoms with Crippen molar-refractivity contribution in [2.45, 2.75) is 46.0 Å². The van der Waals surface area contributed by atoms with Crippen LogP contribution in [0.15, 0.2) is 47.0 Å². The summed E-state index contributed by atoms with van der Waals surface area (Å²) in [7, 11) is 0. The van der Waals surface area contributed by atoms with E-state index >= 15 is 0 Å². The minimum absolute atomic E-state index is 0.0487. The largest absolute Gasteiger partial charge is 0.426 e. The normalized spacial score (nSPS) is 11.5. The van der Waals surface area contributed by atoms with Gasteiger partial charge < -0.3 is 9.26 Å². The zero-order valence-electron chi connectivity index (χ0n) is 16.5. The summed E-state index contributed by atoms with van der Waals surface area (Å²) in [5, 5.41) is 4.58. The molecule has 28 heavy (non-hydrogen) atoms. The standard InChI is InChI=1S/C22H23ClN2O3/c1-14-13-16(22(2,3)4)7-10-18(14)27-20(26)12-11-19-24-21(25-28-19)15-5-8-17(23)9-6-15/h5-10,13H,11-12H2,1-4H3. The van der Waals surface area contributed by atoms with Crippen molar-refractivity contribution in [3.63, 3.8) is 0 Å². The van der Waals surface area contributed by atoms with Gasteiger partial charge in [0.15, 0.2) is 0 Å². The van der Waals surface area contributed by atoms with Crippen molar-refractivity contribution in [3.05, 3.63) is 64.5 Å². The van der Waals surface area contributed by atoms with E-state index in [-0.39, 0.29) is 17.8 Å². The van der Waals surface area contributed by atoms with Crippen LogP contribution in [-0.4, -0.2) is 16.1 Å². The minimum atomic E-state index is -0.335. The summed E-state index contributed by atoms with van der Waals surface area (Å²) in [5.41, 5.74) is 2.98. The molecule has 0 aliphatic carbocycles. The average molecular weight is 399 g/mol. The molecule has 0 bridgehead atoms. The molecule has 1 heterocycles.